The van der Waals surface area contributed by atoms with Gasteiger partial charge in [-0.2, -0.15) is 0 Å². The number of rotatable bonds is 8. The average Bonchev–Trinajstić information content (AvgIpc) is 2.33. The minimum Gasteiger partial charge on any atom is -0.258 e. The van der Waals surface area contributed by atoms with E-state index in [9.17, 15) is 0 Å². The van der Waals surface area contributed by atoms with E-state index in [4.69, 9.17) is 0 Å². The molecule has 0 unspecified atom stereocenters. The van der Waals surface area contributed by atoms with Crippen molar-refractivity contribution in [1.82, 2.24) is 9.97 Å². The Kier molecular flexibility index (Phi) is 6.78. The van der Waals surface area contributed by atoms with E-state index in [0.717, 1.165) is 24.2 Å². The molecule has 90 valence electrons. The molecular formula is C14H24N2. The van der Waals surface area contributed by atoms with Gasteiger partial charge in [0.2, 0.25) is 0 Å². The molecule has 0 saturated carbocycles. The van der Waals surface area contributed by atoms with Gasteiger partial charge in [-0.05, 0) is 25.7 Å². The van der Waals surface area contributed by atoms with Crippen LogP contribution in [0.3, 0.4) is 0 Å². The third kappa shape index (κ3) is 5.24. The Hall–Kier alpha value is -0.920. The minimum absolute atomic E-state index is 1.07. The van der Waals surface area contributed by atoms with Crippen LogP contribution in [0.15, 0.2) is 12.4 Å². The molecule has 16 heavy (non-hydrogen) atoms. The van der Waals surface area contributed by atoms with Crippen LogP contribution < -0.4 is 0 Å². The maximum absolute atomic E-state index is 4.47. The Morgan fingerprint density at radius 1 is 0.750 bits per heavy atom. The molecule has 0 saturated heterocycles. The van der Waals surface area contributed by atoms with Crippen LogP contribution in [0.1, 0.15) is 63.8 Å². The van der Waals surface area contributed by atoms with E-state index in [1.165, 1.54) is 38.5 Å². The summed E-state index contributed by atoms with van der Waals surface area (Å²) in [7, 11) is 0. The molecule has 0 amide bonds. The molecule has 2 heteroatoms. The molecule has 0 radical (unpaired) electrons. The topological polar surface area (TPSA) is 25.8 Å². The van der Waals surface area contributed by atoms with Crippen LogP contribution in [0.25, 0.3) is 0 Å². The summed E-state index contributed by atoms with van der Waals surface area (Å²) in [6.45, 7) is 4.44. The zero-order chi connectivity index (χ0) is 11.6. The first-order valence-corrected chi connectivity index (χ1v) is 6.66. The lowest BCUT2D eigenvalue weighted by molar-refractivity contribution is 0.658. The third-order valence-electron chi connectivity index (χ3n) is 2.83. The summed E-state index contributed by atoms with van der Waals surface area (Å²) < 4.78 is 0. The Labute approximate surface area is 99.5 Å². The van der Waals surface area contributed by atoms with Gasteiger partial charge in [-0.1, -0.05) is 39.5 Å². The van der Waals surface area contributed by atoms with Crippen LogP contribution in [-0.2, 0) is 12.8 Å². The monoisotopic (exact) mass is 220 g/mol. The van der Waals surface area contributed by atoms with Gasteiger partial charge in [-0.3, -0.25) is 9.97 Å². The first kappa shape index (κ1) is 13.1. The van der Waals surface area contributed by atoms with Crippen molar-refractivity contribution in [2.75, 3.05) is 0 Å². The van der Waals surface area contributed by atoms with E-state index in [1.807, 2.05) is 12.4 Å². The predicted octanol–water partition coefficient (Wildman–Crippen LogP) is 3.94. The second-order valence-corrected chi connectivity index (χ2v) is 4.41. The Balaban J connectivity index is 2.27. The summed E-state index contributed by atoms with van der Waals surface area (Å²) in [4.78, 5) is 8.92. The molecule has 0 atom stereocenters. The standard InChI is InChI=1S/C14H24N2/c1-3-5-7-8-10-14-12-15-13(11-16-14)9-6-4-2/h11-12H,3-10H2,1-2H3. The van der Waals surface area contributed by atoms with E-state index >= 15 is 0 Å². The highest BCUT2D eigenvalue weighted by Crippen LogP contribution is 2.06. The summed E-state index contributed by atoms with van der Waals surface area (Å²) in [5.41, 5.74) is 2.29. The SMILES string of the molecule is CCCCCCc1cnc(CCCC)cn1. The van der Waals surface area contributed by atoms with Crippen LogP contribution in [0.2, 0.25) is 0 Å². The average molecular weight is 220 g/mol. The van der Waals surface area contributed by atoms with Gasteiger partial charge in [0.15, 0.2) is 0 Å². The van der Waals surface area contributed by atoms with E-state index in [2.05, 4.69) is 23.8 Å². The molecule has 2 nitrogen and oxygen atoms in total. The van der Waals surface area contributed by atoms with Crippen molar-refractivity contribution < 1.29 is 0 Å². The number of hydrogen-bond donors (Lipinski definition) is 0. The Bertz CT molecular complexity index is 267. The predicted molar refractivity (Wildman–Crippen MR) is 68.5 cm³/mol. The van der Waals surface area contributed by atoms with Gasteiger partial charge in [-0.15, -0.1) is 0 Å². The van der Waals surface area contributed by atoms with Crippen LogP contribution >= 0.6 is 0 Å². The minimum atomic E-state index is 1.07. The highest BCUT2D eigenvalue weighted by atomic mass is 14.8. The lowest BCUT2D eigenvalue weighted by Crippen LogP contribution is -1.96. The van der Waals surface area contributed by atoms with Gasteiger partial charge in [0, 0.05) is 12.4 Å². The van der Waals surface area contributed by atoms with Gasteiger partial charge in [0.25, 0.3) is 0 Å². The summed E-state index contributed by atoms with van der Waals surface area (Å²) in [6, 6.07) is 0. The van der Waals surface area contributed by atoms with Crippen LogP contribution in [0.4, 0.5) is 0 Å². The van der Waals surface area contributed by atoms with Crippen molar-refractivity contribution in [3.8, 4) is 0 Å². The number of aromatic nitrogens is 2. The molecule has 0 aromatic carbocycles. The second-order valence-electron chi connectivity index (χ2n) is 4.41. The fraction of sp³-hybridized carbons (Fsp3) is 0.714. The zero-order valence-electron chi connectivity index (χ0n) is 10.7. The third-order valence-corrected chi connectivity index (χ3v) is 2.83. The first-order valence-electron chi connectivity index (χ1n) is 6.66. The van der Waals surface area contributed by atoms with E-state index in [1.54, 1.807) is 0 Å². The van der Waals surface area contributed by atoms with Crippen LogP contribution in [0, 0.1) is 0 Å². The smallest absolute Gasteiger partial charge is 0.0586 e. The summed E-state index contributed by atoms with van der Waals surface area (Å²) >= 11 is 0. The van der Waals surface area contributed by atoms with Gasteiger partial charge in [-0.25, -0.2) is 0 Å². The maximum Gasteiger partial charge on any atom is 0.0586 e. The van der Waals surface area contributed by atoms with Gasteiger partial charge in [0.1, 0.15) is 0 Å². The van der Waals surface area contributed by atoms with E-state index in [-0.39, 0.29) is 0 Å². The lowest BCUT2D eigenvalue weighted by atomic mass is 10.1. The summed E-state index contributed by atoms with van der Waals surface area (Å²) in [5.74, 6) is 0. The zero-order valence-corrected chi connectivity index (χ0v) is 10.7. The molecule has 0 aliphatic carbocycles. The summed E-state index contributed by atoms with van der Waals surface area (Å²) in [6.07, 6.45) is 13.7. The van der Waals surface area contributed by atoms with Crippen LogP contribution in [0.5, 0.6) is 0 Å². The van der Waals surface area contributed by atoms with Crippen molar-refractivity contribution in [1.29, 1.82) is 0 Å². The lowest BCUT2D eigenvalue weighted by Gasteiger charge is -2.02. The molecule has 1 heterocycles. The first-order chi connectivity index (χ1) is 7.86. The largest absolute Gasteiger partial charge is 0.258 e. The van der Waals surface area contributed by atoms with Crippen LogP contribution in [-0.4, -0.2) is 9.97 Å². The number of nitrogens with zero attached hydrogens (tertiary/aromatic N) is 2. The highest BCUT2D eigenvalue weighted by Gasteiger charge is 1.98. The van der Waals surface area contributed by atoms with Crippen molar-refractivity contribution in [3.63, 3.8) is 0 Å². The molecular weight excluding hydrogens is 196 g/mol. The fourth-order valence-electron chi connectivity index (χ4n) is 1.73. The fourth-order valence-corrected chi connectivity index (χ4v) is 1.73. The quantitative estimate of drug-likeness (QED) is 0.620. The van der Waals surface area contributed by atoms with Crippen molar-refractivity contribution in [2.45, 2.75) is 65.2 Å². The number of aryl methyl sites for hydroxylation is 2. The Morgan fingerprint density at radius 2 is 1.31 bits per heavy atom. The van der Waals surface area contributed by atoms with E-state index in [0.29, 0.717) is 0 Å². The molecule has 0 fully saturated rings. The second kappa shape index (κ2) is 8.26. The molecule has 1 rings (SSSR count). The van der Waals surface area contributed by atoms with Gasteiger partial charge >= 0.3 is 0 Å². The molecule has 0 N–H and O–H groups in total. The highest BCUT2D eigenvalue weighted by molar-refractivity contribution is 5.02. The van der Waals surface area contributed by atoms with E-state index < -0.39 is 0 Å². The van der Waals surface area contributed by atoms with Crippen molar-refractivity contribution in [2.24, 2.45) is 0 Å². The molecule has 0 bridgehead atoms. The molecule has 1 aromatic heterocycles. The van der Waals surface area contributed by atoms with Crippen molar-refractivity contribution >= 4 is 0 Å². The number of unbranched alkanes of at least 4 members (excludes halogenated alkanes) is 4. The Morgan fingerprint density at radius 3 is 1.81 bits per heavy atom. The molecule has 0 spiro atoms. The van der Waals surface area contributed by atoms with Gasteiger partial charge in [0.05, 0.1) is 11.4 Å². The summed E-state index contributed by atoms with van der Waals surface area (Å²) in [5, 5.41) is 0. The molecule has 0 aliphatic rings. The number of hydrogen-bond acceptors (Lipinski definition) is 2. The normalized spacial score (nSPS) is 10.6. The molecule has 1 aromatic rings. The van der Waals surface area contributed by atoms with Gasteiger partial charge < -0.3 is 0 Å². The maximum atomic E-state index is 4.47. The van der Waals surface area contributed by atoms with Crippen molar-refractivity contribution in [3.05, 3.63) is 23.8 Å². The molecule has 0 aliphatic heterocycles.